The van der Waals surface area contributed by atoms with Crippen LogP contribution in [0.3, 0.4) is 0 Å². The van der Waals surface area contributed by atoms with Crippen LogP contribution in [0, 0.1) is 0 Å². The molecule has 0 amide bonds. The molecule has 2 aromatic heterocycles. The molecule has 112 valence electrons. The van der Waals surface area contributed by atoms with Gasteiger partial charge in [0.2, 0.25) is 0 Å². The van der Waals surface area contributed by atoms with Crippen molar-refractivity contribution in [1.29, 1.82) is 0 Å². The Hall–Kier alpha value is -1.88. The molecule has 0 atom stereocenters. The first-order valence-corrected chi connectivity index (χ1v) is 7.57. The summed E-state index contributed by atoms with van der Waals surface area (Å²) in [5.41, 5.74) is 3.99. The second kappa shape index (κ2) is 7.40. The van der Waals surface area contributed by atoms with Gasteiger partial charge in [-0.15, -0.1) is 23.7 Å². The minimum atomic E-state index is 0. The highest BCUT2D eigenvalue weighted by Crippen LogP contribution is 2.27. The summed E-state index contributed by atoms with van der Waals surface area (Å²) in [4.78, 5) is 8.60. The molecule has 3 rings (SSSR count). The third-order valence-corrected chi connectivity index (χ3v) is 3.91. The van der Waals surface area contributed by atoms with Crippen LogP contribution in [0.4, 0.5) is 10.8 Å². The van der Waals surface area contributed by atoms with E-state index in [0.29, 0.717) is 5.15 Å². The van der Waals surface area contributed by atoms with E-state index in [1.54, 1.807) is 23.6 Å². The van der Waals surface area contributed by atoms with Crippen molar-refractivity contribution < 1.29 is 0 Å². The molecule has 22 heavy (non-hydrogen) atoms. The van der Waals surface area contributed by atoms with Crippen LogP contribution in [0.2, 0.25) is 5.15 Å². The van der Waals surface area contributed by atoms with Gasteiger partial charge in [0.15, 0.2) is 5.13 Å². The zero-order valence-corrected chi connectivity index (χ0v) is 13.9. The third-order valence-electron chi connectivity index (χ3n) is 2.92. The number of anilines is 2. The number of pyridine rings is 1. The molecule has 0 radical (unpaired) electrons. The Kier molecular flexibility index (Phi) is 5.55. The Bertz CT molecular complexity index is 752. The van der Waals surface area contributed by atoms with E-state index in [1.807, 2.05) is 41.8 Å². The maximum absolute atomic E-state index is 5.76. The first kappa shape index (κ1) is 16.5. The van der Waals surface area contributed by atoms with Crippen molar-refractivity contribution in [2.45, 2.75) is 0 Å². The van der Waals surface area contributed by atoms with E-state index in [1.165, 1.54) is 0 Å². The Morgan fingerprint density at radius 1 is 1.14 bits per heavy atom. The van der Waals surface area contributed by atoms with Gasteiger partial charge in [-0.3, -0.25) is 0 Å². The van der Waals surface area contributed by atoms with Gasteiger partial charge in [0.05, 0.1) is 17.6 Å². The quantitative estimate of drug-likeness (QED) is 0.616. The standard InChI is InChI=1S/C16H12ClN3S.ClH/c1-2-11-3-5-12(6-4-11)14-10-21-16(20-14)19-13-7-8-15(17)18-9-13;/h2-10H,1H2,(H,19,20);1H. The number of hydrogen-bond acceptors (Lipinski definition) is 4. The first-order chi connectivity index (χ1) is 10.2. The van der Waals surface area contributed by atoms with Crippen molar-refractivity contribution in [3.63, 3.8) is 0 Å². The van der Waals surface area contributed by atoms with Crippen LogP contribution in [0.1, 0.15) is 5.56 Å². The molecule has 0 saturated heterocycles. The van der Waals surface area contributed by atoms with Gasteiger partial charge in [0.25, 0.3) is 0 Å². The van der Waals surface area contributed by atoms with Gasteiger partial charge in [-0.25, -0.2) is 9.97 Å². The molecule has 6 heteroatoms. The molecule has 2 heterocycles. The van der Waals surface area contributed by atoms with Crippen molar-refractivity contribution in [1.82, 2.24) is 9.97 Å². The normalized spacial score (nSPS) is 9.86. The number of nitrogens with zero attached hydrogens (tertiary/aromatic N) is 2. The molecule has 0 fully saturated rings. The van der Waals surface area contributed by atoms with E-state index in [0.717, 1.165) is 27.6 Å². The monoisotopic (exact) mass is 349 g/mol. The summed E-state index contributed by atoms with van der Waals surface area (Å²) in [7, 11) is 0. The lowest BCUT2D eigenvalue weighted by Gasteiger charge is -2.01. The minimum absolute atomic E-state index is 0. The maximum Gasteiger partial charge on any atom is 0.187 e. The molecule has 0 unspecified atom stereocenters. The van der Waals surface area contributed by atoms with Gasteiger partial charge >= 0.3 is 0 Å². The molecular formula is C16H13Cl2N3S. The zero-order valence-electron chi connectivity index (χ0n) is 11.5. The predicted molar refractivity (Wildman–Crippen MR) is 97.4 cm³/mol. The summed E-state index contributed by atoms with van der Waals surface area (Å²) < 4.78 is 0. The highest BCUT2D eigenvalue weighted by Gasteiger charge is 2.05. The number of halogens is 2. The second-order valence-electron chi connectivity index (χ2n) is 4.36. The molecule has 0 aliphatic rings. The lowest BCUT2D eigenvalue weighted by molar-refractivity contribution is 1.31. The van der Waals surface area contributed by atoms with Gasteiger partial charge in [0, 0.05) is 10.9 Å². The van der Waals surface area contributed by atoms with Crippen LogP contribution in [-0.4, -0.2) is 9.97 Å². The SMILES string of the molecule is C=Cc1ccc(-c2csc(Nc3ccc(Cl)nc3)n2)cc1.Cl. The Labute approximate surface area is 144 Å². The van der Waals surface area contributed by atoms with Crippen molar-refractivity contribution in [2.24, 2.45) is 0 Å². The van der Waals surface area contributed by atoms with E-state index in [-0.39, 0.29) is 12.4 Å². The molecule has 1 aromatic carbocycles. The molecular weight excluding hydrogens is 337 g/mol. The third kappa shape index (κ3) is 3.85. The summed E-state index contributed by atoms with van der Waals surface area (Å²) in [5.74, 6) is 0. The van der Waals surface area contributed by atoms with Crippen molar-refractivity contribution in [2.75, 3.05) is 5.32 Å². The van der Waals surface area contributed by atoms with Crippen molar-refractivity contribution in [3.05, 3.63) is 65.3 Å². The van der Waals surface area contributed by atoms with Crippen LogP contribution >= 0.6 is 35.3 Å². The summed E-state index contributed by atoms with van der Waals surface area (Å²) in [6.45, 7) is 3.75. The van der Waals surface area contributed by atoms with Gasteiger partial charge in [-0.1, -0.05) is 48.5 Å². The van der Waals surface area contributed by atoms with E-state index in [9.17, 15) is 0 Å². The fourth-order valence-electron chi connectivity index (χ4n) is 1.83. The number of hydrogen-bond donors (Lipinski definition) is 1. The lowest BCUT2D eigenvalue weighted by atomic mass is 10.1. The van der Waals surface area contributed by atoms with Crippen LogP contribution < -0.4 is 5.32 Å². The first-order valence-electron chi connectivity index (χ1n) is 6.31. The summed E-state index contributed by atoms with van der Waals surface area (Å²) in [6.07, 6.45) is 3.51. The average molecular weight is 350 g/mol. The average Bonchev–Trinajstić information content (AvgIpc) is 2.98. The van der Waals surface area contributed by atoms with E-state index in [4.69, 9.17) is 11.6 Å². The van der Waals surface area contributed by atoms with Crippen LogP contribution in [0.25, 0.3) is 17.3 Å². The lowest BCUT2D eigenvalue weighted by Crippen LogP contribution is -1.90. The molecule has 3 aromatic rings. The van der Waals surface area contributed by atoms with Crippen molar-refractivity contribution >= 4 is 52.2 Å². The number of benzene rings is 1. The molecule has 0 bridgehead atoms. The van der Waals surface area contributed by atoms with Gasteiger partial charge < -0.3 is 5.32 Å². The smallest absolute Gasteiger partial charge is 0.187 e. The fourth-order valence-corrected chi connectivity index (χ4v) is 2.68. The van der Waals surface area contributed by atoms with Gasteiger partial charge in [0.1, 0.15) is 5.15 Å². The highest BCUT2D eigenvalue weighted by atomic mass is 35.5. The van der Waals surface area contributed by atoms with Crippen LogP contribution in [0.15, 0.2) is 54.6 Å². The van der Waals surface area contributed by atoms with Crippen molar-refractivity contribution in [3.8, 4) is 11.3 Å². The van der Waals surface area contributed by atoms with Gasteiger partial charge in [-0.2, -0.15) is 0 Å². The van der Waals surface area contributed by atoms with E-state index < -0.39 is 0 Å². The topological polar surface area (TPSA) is 37.8 Å². The highest BCUT2D eigenvalue weighted by molar-refractivity contribution is 7.14. The van der Waals surface area contributed by atoms with E-state index >= 15 is 0 Å². The summed E-state index contributed by atoms with van der Waals surface area (Å²) in [5, 5.41) is 6.53. The number of rotatable bonds is 4. The largest absolute Gasteiger partial charge is 0.330 e. The molecule has 3 nitrogen and oxygen atoms in total. The van der Waals surface area contributed by atoms with Crippen LogP contribution in [-0.2, 0) is 0 Å². The van der Waals surface area contributed by atoms with E-state index in [2.05, 4.69) is 21.9 Å². The minimum Gasteiger partial charge on any atom is -0.330 e. The molecule has 1 N–H and O–H groups in total. The molecule has 0 aliphatic carbocycles. The summed E-state index contributed by atoms with van der Waals surface area (Å²) in [6, 6.07) is 11.7. The molecule has 0 spiro atoms. The number of aromatic nitrogens is 2. The maximum atomic E-state index is 5.76. The Balaban J connectivity index is 0.00000176. The fraction of sp³-hybridized carbons (Fsp3) is 0. The molecule has 0 aliphatic heterocycles. The number of thiazole rings is 1. The van der Waals surface area contributed by atoms with Crippen LogP contribution in [0.5, 0.6) is 0 Å². The zero-order chi connectivity index (χ0) is 14.7. The Morgan fingerprint density at radius 2 is 1.91 bits per heavy atom. The van der Waals surface area contributed by atoms with Gasteiger partial charge in [-0.05, 0) is 17.7 Å². The molecule has 0 saturated carbocycles. The Morgan fingerprint density at radius 3 is 2.55 bits per heavy atom. The summed E-state index contributed by atoms with van der Waals surface area (Å²) >= 11 is 7.31. The number of nitrogens with one attached hydrogen (secondary N) is 1. The second-order valence-corrected chi connectivity index (χ2v) is 5.60. The predicted octanol–water partition coefficient (Wildman–Crippen LogP) is 5.67.